The molecule has 0 saturated heterocycles. The molecule has 0 amide bonds. The minimum atomic E-state index is -0.473. The Morgan fingerprint density at radius 3 is 2.67 bits per heavy atom. The molecule has 0 spiro atoms. The number of hydrogen-bond acceptors (Lipinski definition) is 4. The molecule has 0 radical (unpaired) electrons. The molecule has 0 bridgehead atoms. The van der Waals surface area contributed by atoms with E-state index in [2.05, 4.69) is 5.43 Å². The van der Waals surface area contributed by atoms with E-state index < -0.39 is 11.9 Å². The van der Waals surface area contributed by atoms with Gasteiger partial charge in [0.1, 0.15) is 5.76 Å². The Morgan fingerprint density at radius 2 is 2.11 bits per heavy atom. The number of benzene rings is 1. The summed E-state index contributed by atoms with van der Waals surface area (Å²) >= 11 is 0. The number of hydrogen-bond donors (Lipinski definition) is 2. The number of rotatable bonds is 4. The van der Waals surface area contributed by atoms with E-state index >= 15 is 0 Å². The highest BCUT2D eigenvalue weighted by molar-refractivity contribution is 5.38. The second kappa shape index (κ2) is 5.20. The Balaban J connectivity index is 2.49. The van der Waals surface area contributed by atoms with Crippen LogP contribution in [0, 0.1) is 12.7 Å². The van der Waals surface area contributed by atoms with Crippen LogP contribution in [-0.4, -0.2) is 7.11 Å². The van der Waals surface area contributed by atoms with Crippen LogP contribution in [0.25, 0.3) is 0 Å². The summed E-state index contributed by atoms with van der Waals surface area (Å²) in [5, 5.41) is 0. The van der Waals surface area contributed by atoms with Gasteiger partial charge in [-0.3, -0.25) is 5.84 Å². The van der Waals surface area contributed by atoms with E-state index in [0.29, 0.717) is 11.3 Å². The van der Waals surface area contributed by atoms with Crippen molar-refractivity contribution in [1.29, 1.82) is 0 Å². The molecule has 1 heterocycles. The zero-order chi connectivity index (χ0) is 13.1. The zero-order valence-corrected chi connectivity index (χ0v) is 10.2. The molecule has 0 aliphatic carbocycles. The number of ether oxygens (including phenoxy) is 1. The predicted molar refractivity (Wildman–Crippen MR) is 65.6 cm³/mol. The summed E-state index contributed by atoms with van der Waals surface area (Å²) in [4.78, 5) is 0. The lowest BCUT2D eigenvalue weighted by Crippen LogP contribution is -2.29. The molecule has 18 heavy (non-hydrogen) atoms. The monoisotopic (exact) mass is 250 g/mol. The van der Waals surface area contributed by atoms with Gasteiger partial charge in [-0.2, -0.15) is 0 Å². The third-order valence-corrected chi connectivity index (χ3v) is 2.90. The Morgan fingerprint density at radius 1 is 1.33 bits per heavy atom. The largest absolute Gasteiger partial charge is 0.494 e. The lowest BCUT2D eigenvalue weighted by atomic mass is 9.99. The molecule has 4 nitrogen and oxygen atoms in total. The third kappa shape index (κ3) is 2.10. The van der Waals surface area contributed by atoms with Gasteiger partial charge in [-0.15, -0.1) is 0 Å². The number of hydrazine groups is 1. The fourth-order valence-corrected chi connectivity index (χ4v) is 1.95. The molecule has 0 aliphatic heterocycles. The van der Waals surface area contributed by atoms with Crippen molar-refractivity contribution in [2.24, 2.45) is 5.84 Å². The van der Waals surface area contributed by atoms with E-state index in [-0.39, 0.29) is 5.75 Å². The molecule has 3 N–H and O–H groups in total. The lowest BCUT2D eigenvalue weighted by molar-refractivity contribution is 0.381. The quantitative estimate of drug-likeness (QED) is 0.645. The number of nitrogens with two attached hydrogens (primary N) is 1. The molecule has 0 aliphatic rings. The first-order valence-electron chi connectivity index (χ1n) is 5.51. The van der Waals surface area contributed by atoms with Crippen LogP contribution in [0.15, 0.2) is 34.9 Å². The summed E-state index contributed by atoms with van der Waals surface area (Å²) in [5.41, 5.74) is 3.81. The van der Waals surface area contributed by atoms with Crippen LogP contribution >= 0.6 is 0 Å². The van der Waals surface area contributed by atoms with E-state index in [1.54, 1.807) is 37.5 Å². The van der Waals surface area contributed by atoms with Crippen LogP contribution in [-0.2, 0) is 0 Å². The number of nitrogens with one attached hydrogen (secondary N) is 1. The van der Waals surface area contributed by atoms with Crippen molar-refractivity contribution in [2.45, 2.75) is 13.0 Å². The van der Waals surface area contributed by atoms with Crippen molar-refractivity contribution in [2.75, 3.05) is 7.11 Å². The second-order valence-electron chi connectivity index (χ2n) is 3.90. The molecule has 1 atom stereocenters. The second-order valence-corrected chi connectivity index (χ2v) is 3.90. The van der Waals surface area contributed by atoms with Gasteiger partial charge in [-0.1, -0.05) is 12.1 Å². The number of furan rings is 1. The van der Waals surface area contributed by atoms with Crippen molar-refractivity contribution in [3.63, 3.8) is 0 Å². The van der Waals surface area contributed by atoms with Crippen molar-refractivity contribution < 1.29 is 13.5 Å². The van der Waals surface area contributed by atoms with Crippen molar-refractivity contribution in [1.82, 2.24) is 5.43 Å². The Kier molecular flexibility index (Phi) is 3.64. The summed E-state index contributed by atoms with van der Waals surface area (Å²) in [6.45, 7) is 1.80. The van der Waals surface area contributed by atoms with Gasteiger partial charge in [-0.05, 0) is 19.1 Å². The number of halogens is 1. The van der Waals surface area contributed by atoms with Crippen molar-refractivity contribution in [3.8, 4) is 5.75 Å². The number of aryl methyl sites for hydroxylation is 1. The molecule has 2 rings (SSSR count). The maximum absolute atomic E-state index is 14.2. The lowest BCUT2D eigenvalue weighted by Gasteiger charge is -2.17. The van der Waals surface area contributed by atoms with Gasteiger partial charge in [0.15, 0.2) is 11.6 Å². The third-order valence-electron chi connectivity index (χ3n) is 2.90. The van der Waals surface area contributed by atoms with E-state index in [0.717, 1.165) is 5.56 Å². The first kappa shape index (κ1) is 12.6. The smallest absolute Gasteiger partial charge is 0.170 e. The fraction of sp³-hybridized carbons (Fsp3) is 0.231. The SMILES string of the molecule is COc1cccc(C(NN)c2ccoc2C)c1F. The Bertz CT molecular complexity index is 540. The van der Waals surface area contributed by atoms with Gasteiger partial charge in [0.25, 0.3) is 0 Å². The van der Waals surface area contributed by atoms with Gasteiger partial charge >= 0.3 is 0 Å². The van der Waals surface area contributed by atoms with Crippen LogP contribution in [0.2, 0.25) is 0 Å². The minimum absolute atomic E-state index is 0.189. The summed E-state index contributed by atoms with van der Waals surface area (Å²) in [6.07, 6.45) is 1.55. The van der Waals surface area contributed by atoms with Crippen LogP contribution < -0.4 is 16.0 Å². The molecular formula is C13H15FN2O2. The van der Waals surface area contributed by atoms with Crippen molar-refractivity contribution >= 4 is 0 Å². The van der Waals surface area contributed by atoms with Gasteiger partial charge in [-0.25, -0.2) is 9.82 Å². The maximum Gasteiger partial charge on any atom is 0.170 e. The molecule has 1 aromatic carbocycles. The Labute approximate surface area is 105 Å². The summed E-state index contributed by atoms with van der Waals surface area (Å²) in [5.74, 6) is 5.98. The zero-order valence-electron chi connectivity index (χ0n) is 10.2. The standard InChI is InChI=1S/C13H15FN2O2/c1-8-9(6-7-18-8)13(16-15)10-4-3-5-11(17-2)12(10)14/h3-7,13,16H,15H2,1-2H3. The fourth-order valence-electron chi connectivity index (χ4n) is 1.95. The van der Waals surface area contributed by atoms with Crippen molar-refractivity contribution in [3.05, 3.63) is 53.2 Å². The van der Waals surface area contributed by atoms with Crippen LogP contribution in [0.1, 0.15) is 22.9 Å². The molecular weight excluding hydrogens is 235 g/mol. The summed E-state index contributed by atoms with van der Waals surface area (Å²) in [7, 11) is 1.43. The predicted octanol–water partition coefficient (Wildman–Crippen LogP) is 2.29. The van der Waals surface area contributed by atoms with E-state index in [1.165, 1.54) is 7.11 Å². The van der Waals surface area contributed by atoms with Crippen LogP contribution in [0.4, 0.5) is 4.39 Å². The Hall–Kier alpha value is -1.85. The van der Waals surface area contributed by atoms with E-state index in [4.69, 9.17) is 15.0 Å². The van der Waals surface area contributed by atoms with Crippen LogP contribution in [0.3, 0.4) is 0 Å². The molecule has 1 unspecified atom stereocenters. The molecule has 96 valence electrons. The van der Waals surface area contributed by atoms with Gasteiger partial charge in [0.2, 0.25) is 0 Å². The van der Waals surface area contributed by atoms with Crippen LogP contribution in [0.5, 0.6) is 5.75 Å². The molecule has 5 heteroatoms. The highest BCUT2D eigenvalue weighted by Gasteiger charge is 2.21. The average molecular weight is 250 g/mol. The van der Waals surface area contributed by atoms with Gasteiger partial charge in [0.05, 0.1) is 19.4 Å². The number of methoxy groups -OCH3 is 1. The molecule has 1 aromatic heterocycles. The summed E-state index contributed by atoms with van der Waals surface area (Å²) in [6, 6.07) is 6.23. The van der Waals surface area contributed by atoms with E-state index in [1.807, 2.05) is 0 Å². The normalized spacial score (nSPS) is 12.4. The summed E-state index contributed by atoms with van der Waals surface area (Å²) < 4.78 is 24.4. The first-order chi connectivity index (χ1) is 8.69. The molecule has 2 aromatic rings. The topological polar surface area (TPSA) is 60.4 Å². The molecule has 0 saturated carbocycles. The van der Waals surface area contributed by atoms with Gasteiger partial charge < -0.3 is 9.15 Å². The molecule has 0 fully saturated rings. The minimum Gasteiger partial charge on any atom is -0.494 e. The average Bonchev–Trinajstić information content (AvgIpc) is 2.79. The van der Waals surface area contributed by atoms with Gasteiger partial charge in [0, 0.05) is 11.1 Å². The first-order valence-corrected chi connectivity index (χ1v) is 5.51. The highest BCUT2D eigenvalue weighted by Crippen LogP contribution is 2.30. The maximum atomic E-state index is 14.2. The van der Waals surface area contributed by atoms with E-state index in [9.17, 15) is 4.39 Å². The highest BCUT2D eigenvalue weighted by atomic mass is 19.1.